The van der Waals surface area contributed by atoms with E-state index in [9.17, 15) is 8.78 Å². The van der Waals surface area contributed by atoms with Gasteiger partial charge in [-0.25, -0.2) is 13.8 Å². The van der Waals surface area contributed by atoms with Crippen molar-refractivity contribution in [3.05, 3.63) is 65.2 Å². The highest BCUT2D eigenvalue weighted by Gasteiger charge is 2.23. The number of nitrogens with zero attached hydrogens (tertiary/aromatic N) is 1. The van der Waals surface area contributed by atoms with Gasteiger partial charge < -0.3 is 9.47 Å². The molecule has 0 N–H and O–H groups in total. The molecule has 1 unspecified atom stereocenters. The van der Waals surface area contributed by atoms with Gasteiger partial charge >= 0.3 is 0 Å². The van der Waals surface area contributed by atoms with Crippen molar-refractivity contribution < 1.29 is 18.3 Å². The van der Waals surface area contributed by atoms with Gasteiger partial charge in [0.25, 0.3) is 0 Å². The third-order valence-electron chi connectivity index (χ3n) is 3.80. The summed E-state index contributed by atoms with van der Waals surface area (Å²) in [4.78, 5) is 4.39. The van der Waals surface area contributed by atoms with E-state index < -0.39 is 11.6 Å². The molecule has 3 nitrogen and oxygen atoms in total. The van der Waals surface area contributed by atoms with Crippen LogP contribution in [0.15, 0.2) is 47.5 Å². The lowest BCUT2D eigenvalue weighted by atomic mass is 10.0. The molecule has 23 heavy (non-hydrogen) atoms. The van der Waals surface area contributed by atoms with Crippen LogP contribution in [0.4, 0.5) is 8.78 Å². The Kier molecular flexibility index (Phi) is 4.55. The van der Waals surface area contributed by atoms with E-state index in [1.165, 1.54) is 18.2 Å². The minimum atomic E-state index is -0.658. The minimum absolute atomic E-state index is 0.0466. The second-order valence-electron chi connectivity index (χ2n) is 5.37. The largest absolute Gasteiger partial charge is 0.497 e. The first-order valence-electron chi connectivity index (χ1n) is 7.45. The summed E-state index contributed by atoms with van der Waals surface area (Å²) in [6.07, 6.45) is 1.40. The number of benzene rings is 2. The van der Waals surface area contributed by atoms with Crippen LogP contribution in [0.3, 0.4) is 0 Å². The molecule has 0 aliphatic carbocycles. The van der Waals surface area contributed by atoms with Crippen LogP contribution in [0.25, 0.3) is 0 Å². The molecule has 1 atom stereocenters. The smallest absolute Gasteiger partial charge is 0.222 e. The molecular weight excluding hydrogens is 300 g/mol. The number of ether oxygens (including phenoxy) is 2. The molecule has 5 heteroatoms. The number of halogens is 2. The van der Waals surface area contributed by atoms with Crippen molar-refractivity contribution in [1.82, 2.24) is 0 Å². The molecule has 1 heterocycles. The van der Waals surface area contributed by atoms with Gasteiger partial charge in [0.15, 0.2) is 0 Å². The molecule has 0 amide bonds. The predicted octanol–water partition coefficient (Wildman–Crippen LogP) is 3.75. The molecule has 120 valence electrons. The second-order valence-corrected chi connectivity index (χ2v) is 5.37. The van der Waals surface area contributed by atoms with Crippen molar-refractivity contribution in [3.63, 3.8) is 0 Å². The highest BCUT2D eigenvalue weighted by molar-refractivity contribution is 5.95. The van der Waals surface area contributed by atoms with Gasteiger partial charge in [-0.1, -0.05) is 18.2 Å². The average Bonchev–Trinajstić information content (AvgIpc) is 2.56. The number of methoxy groups -OCH3 is 1. The summed E-state index contributed by atoms with van der Waals surface area (Å²) < 4.78 is 38.2. The fourth-order valence-corrected chi connectivity index (χ4v) is 2.58. The summed E-state index contributed by atoms with van der Waals surface area (Å²) in [6, 6.07) is 11.4. The molecule has 0 fully saturated rings. The van der Waals surface area contributed by atoms with Crippen molar-refractivity contribution >= 4 is 5.90 Å². The first-order chi connectivity index (χ1) is 11.2. The van der Waals surface area contributed by atoms with Gasteiger partial charge in [0, 0.05) is 6.42 Å². The van der Waals surface area contributed by atoms with Crippen LogP contribution in [0.5, 0.6) is 5.75 Å². The van der Waals surface area contributed by atoms with Gasteiger partial charge in [-0.2, -0.15) is 0 Å². The van der Waals surface area contributed by atoms with Gasteiger partial charge in [-0.05, 0) is 36.2 Å². The zero-order valence-corrected chi connectivity index (χ0v) is 12.8. The first-order valence-corrected chi connectivity index (χ1v) is 7.45. The standard InChI is InChI=1S/C18H17F2NO2/c1-22-14-7-5-12(6-8-14)11-13-9-10-23-18(21-13)17-15(19)3-2-4-16(17)20/h2-8,13H,9-11H2,1H3. The maximum atomic E-state index is 13.9. The topological polar surface area (TPSA) is 30.8 Å². The first kappa shape index (κ1) is 15.5. The van der Waals surface area contributed by atoms with Crippen LogP contribution in [0.2, 0.25) is 0 Å². The van der Waals surface area contributed by atoms with Gasteiger partial charge in [-0.15, -0.1) is 0 Å². The fraction of sp³-hybridized carbons (Fsp3) is 0.278. The molecule has 0 radical (unpaired) electrons. The van der Waals surface area contributed by atoms with Crippen LogP contribution in [0.1, 0.15) is 17.5 Å². The summed E-state index contributed by atoms with van der Waals surface area (Å²) in [5, 5.41) is 0. The summed E-state index contributed by atoms with van der Waals surface area (Å²) in [7, 11) is 1.62. The van der Waals surface area contributed by atoms with Crippen LogP contribution in [-0.4, -0.2) is 25.7 Å². The normalized spacial score (nSPS) is 17.3. The van der Waals surface area contributed by atoms with Crippen molar-refractivity contribution in [1.29, 1.82) is 0 Å². The molecule has 0 aromatic heterocycles. The quantitative estimate of drug-likeness (QED) is 0.860. The Bertz CT molecular complexity index is 693. The number of aliphatic imine (C=N–C) groups is 1. The Morgan fingerprint density at radius 3 is 2.48 bits per heavy atom. The zero-order chi connectivity index (χ0) is 16.2. The highest BCUT2D eigenvalue weighted by atomic mass is 19.1. The molecule has 0 saturated carbocycles. The zero-order valence-electron chi connectivity index (χ0n) is 12.8. The third kappa shape index (κ3) is 3.50. The van der Waals surface area contributed by atoms with E-state index in [4.69, 9.17) is 9.47 Å². The summed E-state index contributed by atoms with van der Waals surface area (Å²) >= 11 is 0. The molecule has 2 aromatic rings. The van der Waals surface area contributed by atoms with Gasteiger partial charge in [0.1, 0.15) is 22.9 Å². The molecule has 0 spiro atoms. The average molecular weight is 317 g/mol. The van der Waals surface area contributed by atoms with E-state index in [1.54, 1.807) is 7.11 Å². The van der Waals surface area contributed by atoms with E-state index >= 15 is 0 Å². The van der Waals surface area contributed by atoms with E-state index in [1.807, 2.05) is 24.3 Å². The van der Waals surface area contributed by atoms with E-state index in [0.717, 1.165) is 11.3 Å². The van der Waals surface area contributed by atoms with Crippen LogP contribution < -0.4 is 4.74 Å². The van der Waals surface area contributed by atoms with Crippen molar-refractivity contribution in [2.24, 2.45) is 4.99 Å². The summed E-state index contributed by atoms with van der Waals surface area (Å²) in [5.41, 5.74) is 0.904. The van der Waals surface area contributed by atoms with E-state index in [-0.39, 0.29) is 17.5 Å². The maximum absolute atomic E-state index is 13.9. The van der Waals surface area contributed by atoms with E-state index in [2.05, 4.69) is 4.99 Å². The number of hydrogen-bond acceptors (Lipinski definition) is 3. The highest BCUT2D eigenvalue weighted by Crippen LogP contribution is 2.21. The van der Waals surface area contributed by atoms with Crippen LogP contribution in [0, 0.1) is 11.6 Å². The fourth-order valence-electron chi connectivity index (χ4n) is 2.58. The molecule has 1 aliphatic heterocycles. The SMILES string of the molecule is COc1ccc(CC2CCOC(c3c(F)cccc3F)=N2)cc1. The van der Waals surface area contributed by atoms with Crippen LogP contribution >= 0.6 is 0 Å². The minimum Gasteiger partial charge on any atom is -0.497 e. The molecule has 1 aliphatic rings. The Hall–Kier alpha value is -2.43. The Labute approximate surface area is 133 Å². The van der Waals surface area contributed by atoms with Gasteiger partial charge in [0.2, 0.25) is 5.90 Å². The second kappa shape index (κ2) is 6.77. The lowest BCUT2D eigenvalue weighted by molar-refractivity contribution is 0.258. The Morgan fingerprint density at radius 1 is 1.13 bits per heavy atom. The number of rotatable bonds is 4. The third-order valence-corrected chi connectivity index (χ3v) is 3.80. The molecular formula is C18H17F2NO2. The molecule has 3 rings (SSSR count). The lowest BCUT2D eigenvalue weighted by Crippen LogP contribution is -2.25. The summed E-state index contributed by atoms with van der Waals surface area (Å²) in [5.74, 6) is -0.480. The monoisotopic (exact) mass is 317 g/mol. The molecule has 2 aromatic carbocycles. The Balaban J connectivity index is 1.81. The Morgan fingerprint density at radius 2 is 1.83 bits per heavy atom. The van der Waals surface area contributed by atoms with Crippen molar-refractivity contribution in [2.75, 3.05) is 13.7 Å². The molecule has 0 bridgehead atoms. The molecule has 0 saturated heterocycles. The van der Waals surface area contributed by atoms with Crippen molar-refractivity contribution in [3.8, 4) is 5.75 Å². The maximum Gasteiger partial charge on any atom is 0.222 e. The van der Waals surface area contributed by atoms with E-state index in [0.29, 0.717) is 19.4 Å². The van der Waals surface area contributed by atoms with Crippen molar-refractivity contribution in [2.45, 2.75) is 18.9 Å². The predicted molar refractivity (Wildman–Crippen MR) is 84.0 cm³/mol. The van der Waals surface area contributed by atoms with Gasteiger partial charge in [-0.3, -0.25) is 0 Å². The lowest BCUT2D eigenvalue weighted by Gasteiger charge is -2.22. The van der Waals surface area contributed by atoms with Gasteiger partial charge in [0.05, 0.1) is 19.8 Å². The van der Waals surface area contributed by atoms with Crippen LogP contribution in [-0.2, 0) is 11.2 Å². The summed E-state index contributed by atoms with van der Waals surface area (Å²) in [6.45, 7) is 0.396. The number of hydrogen-bond donors (Lipinski definition) is 0.